The molecule has 242 valence electrons. The number of allylic oxidation sites excluding steroid dienone is 3. The van der Waals surface area contributed by atoms with Crippen LogP contribution in [0.4, 0.5) is 5.69 Å². The molecule has 3 heterocycles. The van der Waals surface area contributed by atoms with Gasteiger partial charge in [-0.25, -0.2) is 0 Å². The van der Waals surface area contributed by atoms with Gasteiger partial charge in [0.15, 0.2) is 13.9 Å². The molecule has 2 amide bonds. The van der Waals surface area contributed by atoms with Crippen LogP contribution in [-0.4, -0.2) is 60.2 Å². The number of hydrogen-bond acceptors (Lipinski definition) is 5. The number of carbonyl (C=O) groups excluding carboxylic acids is 2. The average Bonchev–Trinajstić information content (AvgIpc) is 3.40. The van der Waals surface area contributed by atoms with Crippen LogP contribution in [-0.2, 0) is 32.9 Å². The van der Waals surface area contributed by atoms with Crippen molar-refractivity contribution < 1.29 is 24.2 Å². The van der Waals surface area contributed by atoms with Crippen molar-refractivity contribution in [3.63, 3.8) is 0 Å². The summed E-state index contributed by atoms with van der Waals surface area (Å²) in [6.45, 7) is 12.8. The second-order valence-electron chi connectivity index (χ2n) is 13.8. The summed E-state index contributed by atoms with van der Waals surface area (Å²) >= 11 is 2.27. The van der Waals surface area contributed by atoms with Gasteiger partial charge in [0.25, 0.3) is 5.91 Å². The first-order chi connectivity index (χ1) is 21.3. The number of carbonyl (C=O) groups is 2. The number of anilines is 1. The van der Waals surface area contributed by atoms with Gasteiger partial charge in [0.2, 0.25) is 5.91 Å². The zero-order chi connectivity index (χ0) is 32.7. The number of aliphatic hydroxyl groups excluding tert-OH is 1. The maximum absolute atomic E-state index is 14.6. The van der Waals surface area contributed by atoms with E-state index in [2.05, 4.69) is 61.6 Å². The number of aliphatic hydroxyl groups is 1. The van der Waals surface area contributed by atoms with Crippen LogP contribution >= 0.6 is 22.6 Å². The van der Waals surface area contributed by atoms with Crippen molar-refractivity contribution in [1.29, 1.82) is 0 Å². The minimum Gasteiger partial charge on any atom is -0.432 e. The Bertz CT molecular complexity index is 1510. The molecule has 0 unspecified atom stereocenters. The lowest BCUT2D eigenvalue weighted by atomic mass is 9.82. The summed E-state index contributed by atoms with van der Waals surface area (Å²) in [4.78, 5) is 43.9. The van der Waals surface area contributed by atoms with Gasteiger partial charge in [-0.1, -0.05) is 54.5 Å². The molecule has 0 bridgehead atoms. The van der Waals surface area contributed by atoms with E-state index in [1.165, 1.54) is 11.1 Å². The number of ether oxygens (including phenoxy) is 1. The van der Waals surface area contributed by atoms with E-state index >= 15 is 0 Å². The molecule has 0 radical (unpaired) electrons. The molecule has 5 atom stereocenters. The van der Waals surface area contributed by atoms with Gasteiger partial charge in [0.05, 0.1) is 30.9 Å². The van der Waals surface area contributed by atoms with Gasteiger partial charge in [0.1, 0.15) is 0 Å². The third-order valence-corrected chi connectivity index (χ3v) is 13.1. The Balaban J connectivity index is 1.46. The Morgan fingerprint density at radius 3 is 2.51 bits per heavy atom. The van der Waals surface area contributed by atoms with Gasteiger partial charge in [0, 0.05) is 33.7 Å². The van der Waals surface area contributed by atoms with Crippen molar-refractivity contribution >= 4 is 48.4 Å². The molecule has 1 saturated heterocycles. The van der Waals surface area contributed by atoms with Gasteiger partial charge < -0.3 is 24.4 Å². The van der Waals surface area contributed by atoms with Crippen LogP contribution in [0.2, 0.25) is 18.6 Å². The summed E-state index contributed by atoms with van der Waals surface area (Å²) in [7, 11) is -2.93. The van der Waals surface area contributed by atoms with Gasteiger partial charge >= 0.3 is 0 Å². The number of amides is 2. The molecular weight excluding hydrogens is 695 g/mol. The summed E-state index contributed by atoms with van der Waals surface area (Å²) in [5.74, 6) is -0.588. The van der Waals surface area contributed by atoms with Crippen LogP contribution in [0.1, 0.15) is 63.6 Å². The molecule has 3 aliphatic rings. The summed E-state index contributed by atoms with van der Waals surface area (Å²) in [5.41, 5.74) is 4.77. The molecule has 2 aromatic carbocycles. The largest absolute Gasteiger partial charge is 0.432 e. The normalized spacial score (nSPS) is 26.3. The van der Waals surface area contributed by atoms with Gasteiger partial charge in [-0.15, -0.1) is 0 Å². The van der Waals surface area contributed by atoms with Crippen LogP contribution in [0.5, 0.6) is 0 Å². The van der Waals surface area contributed by atoms with Crippen LogP contribution in [0.15, 0.2) is 65.8 Å². The van der Waals surface area contributed by atoms with Crippen LogP contribution in [0.25, 0.3) is 0 Å². The first-order valence-electron chi connectivity index (χ1n) is 16.1. The fourth-order valence-corrected chi connectivity index (χ4v) is 10.7. The Kier molecular flexibility index (Phi) is 10.2. The van der Waals surface area contributed by atoms with E-state index in [9.17, 15) is 19.5 Å². The minimum absolute atomic E-state index is 0.0440. The van der Waals surface area contributed by atoms with E-state index in [1.807, 2.05) is 61.3 Å². The number of rotatable bonds is 9. The highest BCUT2D eigenvalue weighted by Gasteiger charge is 2.66. The van der Waals surface area contributed by atoms with E-state index in [0.717, 1.165) is 38.8 Å². The molecule has 1 spiro atoms. The first-order valence-corrected chi connectivity index (χ1v) is 20.2. The van der Waals surface area contributed by atoms with E-state index < -0.39 is 20.0 Å². The smallest absolute Gasteiger partial charge is 0.264 e. The van der Waals surface area contributed by atoms with Gasteiger partial charge in [-0.05, 0) is 105 Å². The van der Waals surface area contributed by atoms with Crippen LogP contribution in [0, 0.1) is 9.49 Å². The van der Waals surface area contributed by atoms with E-state index in [-0.39, 0.29) is 42.3 Å². The number of benzene rings is 2. The predicted octanol–water partition coefficient (Wildman–Crippen LogP) is 6.46. The average molecular weight is 743 g/mol. The first kappa shape index (κ1) is 34.0. The highest BCUT2D eigenvalue weighted by Crippen LogP contribution is 2.59. The standard InChI is InChI=1S/C36H47IN2O5Si/c1-23(2)10-9-11-24(3)16-17-38-31-15-14-28(37)19-30(31)36(35(38)42)25(4)34(45(5,6)43)32(44-36)20-33(41)39-21-27-13-8-7-12-26(27)18-29(39)22-40/h7-8,10,12-16,19,25,29,32,34,40,43H,9,11,17-18,20-22H2,1-6H3/b24-16+/t25-,29+,32+,34-,36+/m1/s1. The van der Waals surface area contributed by atoms with Crippen molar-refractivity contribution in [1.82, 2.24) is 4.90 Å². The van der Waals surface area contributed by atoms with Crippen molar-refractivity contribution in [3.8, 4) is 0 Å². The Hall–Kier alpha value is -2.31. The van der Waals surface area contributed by atoms with Crippen LogP contribution in [0.3, 0.4) is 0 Å². The lowest BCUT2D eigenvalue weighted by Crippen LogP contribution is -2.48. The Labute approximate surface area is 282 Å². The topological polar surface area (TPSA) is 90.3 Å². The molecule has 0 aliphatic carbocycles. The molecule has 45 heavy (non-hydrogen) atoms. The lowest BCUT2D eigenvalue weighted by molar-refractivity contribution is -0.150. The lowest BCUT2D eigenvalue weighted by Gasteiger charge is -2.37. The molecule has 1 fully saturated rings. The zero-order valence-corrected chi connectivity index (χ0v) is 30.5. The third kappa shape index (κ3) is 6.61. The van der Waals surface area contributed by atoms with Gasteiger partial charge in [-0.3, -0.25) is 9.59 Å². The van der Waals surface area contributed by atoms with E-state index in [1.54, 1.807) is 4.90 Å². The van der Waals surface area contributed by atoms with Crippen molar-refractivity contribution in [3.05, 3.63) is 86.0 Å². The molecule has 7 nitrogen and oxygen atoms in total. The molecule has 9 heteroatoms. The number of halogens is 1. The monoisotopic (exact) mass is 742 g/mol. The van der Waals surface area contributed by atoms with Crippen molar-refractivity contribution in [2.45, 2.75) is 96.3 Å². The summed E-state index contributed by atoms with van der Waals surface area (Å²) < 4.78 is 7.92. The highest BCUT2D eigenvalue weighted by molar-refractivity contribution is 14.1. The number of fused-ring (bicyclic) bond motifs is 3. The zero-order valence-electron chi connectivity index (χ0n) is 27.3. The molecule has 0 aromatic heterocycles. The Morgan fingerprint density at radius 1 is 1.13 bits per heavy atom. The second kappa shape index (κ2) is 13.4. The highest BCUT2D eigenvalue weighted by atomic mass is 127. The summed E-state index contributed by atoms with van der Waals surface area (Å²) in [6.07, 6.45) is 6.25. The molecular formula is C36H47IN2O5Si. The minimum atomic E-state index is -2.93. The predicted molar refractivity (Wildman–Crippen MR) is 189 cm³/mol. The number of nitrogens with zero attached hydrogens (tertiary/aromatic N) is 2. The third-order valence-electron chi connectivity index (χ3n) is 9.92. The van der Waals surface area contributed by atoms with Crippen molar-refractivity contribution in [2.75, 3.05) is 18.1 Å². The summed E-state index contributed by atoms with van der Waals surface area (Å²) in [5, 5.41) is 10.2. The molecule has 0 saturated carbocycles. The van der Waals surface area contributed by atoms with Gasteiger partial charge in [-0.2, -0.15) is 0 Å². The maximum atomic E-state index is 14.6. The molecule has 5 rings (SSSR count). The van der Waals surface area contributed by atoms with Crippen LogP contribution < -0.4 is 4.90 Å². The van der Waals surface area contributed by atoms with E-state index in [4.69, 9.17) is 4.74 Å². The fraction of sp³-hybridized carbons (Fsp3) is 0.500. The van der Waals surface area contributed by atoms with E-state index in [0.29, 0.717) is 19.5 Å². The molecule has 2 aromatic rings. The summed E-state index contributed by atoms with van der Waals surface area (Å²) in [6, 6.07) is 13.8. The second-order valence-corrected chi connectivity index (χ2v) is 19.1. The quantitative estimate of drug-likeness (QED) is 0.175. The number of hydrogen-bond donors (Lipinski definition) is 2. The maximum Gasteiger partial charge on any atom is 0.264 e. The Morgan fingerprint density at radius 2 is 1.84 bits per heavy atom. The molecule has 2 N–H and O–H groups in total. The van der Waals surface area contributed by atoms with Crippen molar-refractivity contribution in [2.24, 2.45) is 5.92 Å². The fourth-order valence-electron chi connectivity index (χ4n) is 7.70. The SMILES string of the molecule is CC(C)=CCC/C(C)=C/CN1C(=O)[C@@]2(O[C@@H](CC(=O)N3Cc4ccccc4C[C@H]3CO)[C@H]([Si](C)(C)O)[C@H]2C)c2cc(I)ccc21. The molecule has 3 aliphatic heterocycles.